The van der Waals surface area contributed by atoms with Gasteiger partial charge in [0.2, 0.25) is 0 Å². The van der Waals surface area contributed by atoms with Crippen LogP contribution in [-0.4, -0.2) is 0 Å². The lowest BCUT2D eigenvalue weighted by molar-refractivity contribution is 0.660. The third-order valence-corrected chi connectivity index (χ3v) is 9.88. The largest absolute Gasteiger partial charge is 0.456 e. The van der Waals surface area contributed by atoms with Crippen LogP contribution < -0.4 is 4.90 Å². The van der Waals surface area contributed by atoms with Gasteiger partial charge in [-0.2, -0.15) is 0 Å². The SMILES string of the molecule is CC1(C)c2ccc(N(c3ccc(-c4ccccc4)cc3)c3ccc4c(c3)oc3ccccc34)cc2-c2c(-c3ccccc3)cccc21. The van der Waals surface area contributed by atoms with Crippen molar-refractivity contribution < 1.29 is 4.42 Å². The van der Waals surface area contributed by atoms with Gasteiger partial charge in [0, 0.05) is 39.3 Å². The Bertz CT molecular complexity index is 2420. The summed E-state index contributed by atoms with van der Waals surface area (Å²) in [6.07, 6.45) is 0. The maximum absolute atomic E-state index is 6.38. The van der Waals surface area contributed by atoms with E-state index in [4.69, 9.17) is 4.42 Å². The molecule has 0 amide bonds. The lowest BCUT2D eigenvalue weighted by Gasteiger charge is -2.27. The monoisotopic (exact) mass is 603 g/mol. The number of benzene rings is 7. The van der Waals surface area contributed by atoms with Gasteiger partial charge in [0.15, 0.2) is 0 Å². The molecule has 224 valence electrons. The second-order valence-electron chi connectivity index (χ2n) is 13.0. The van der Waals surface area contributed by atoms with Crippen LogP contribution >= 0.6 is 0 Å². The molecule has 1 heterocycles. The zero-order valence-electron chi connectivity index (χ0n) is 26.4. The van der Waals surface area contributed by atoms with Crippen LogP contribution in [0.25, 0.3) is 55.3 Å². The minimum atomic E-state index is -0.108. The van der Waals surface area contributed by atoms with Crippen LogP contribution in [0.2, 0.25) is 0 Å². The van der Waals surface area contributed by atoms with Gasteiger partial charge in [-0.25, -0.2) is 0 Å². The predicted molar refractivity (Wildman–Crippen MR) is 197 cm³/mol. The number of hydrogen-bond donors (Lipinski definition) is 0. The van der Waals surface area contributed by atoms with E-state index in [2.05, 4.69) is 170 Å². The highest BCUT2D eigenvalue weighted by molar-refractivity contribution is 6.06. The van der Waals surface area contributed by atoms with Crippen molar-refractivity contribution in [3.05, 3.63) is 175 Å². The molecule has 0 radical (unpaired) electrons. The Morgan fingerprint density at radius 3 is 1.83 bits per heavy atom. The molecule has 0 saturated heterocycles. The van der Waals surface area contributed by atoms with Gasteiger partial charge < -0.3 is 9.32 Å². The topological polar surface area (TPSA) is 16.4 Å². The molecule has 0 fully saturated rings. The summed E-state index contributed by atoms with van der Waals surface area (Å²) in [5.74, 6) is 0. The molecule has 0 atom stereocenters. The molecule has 0 unspecified atom stereocenters. The van der Waals surface area contributed by atoms with E-state index in [1.807, 2.05) is 12.1 Å². The van der Waals surface area contributed by atoms with Gasteiger partial charge in [-0.15, -0.1) is 0 Å². The summed E-state index contributed by atoms with van der Waals surface area (Å²) in [4.78, 5) is 2.36. The Balaban J connectivity index is 1.24. The van der Waals surface area contributed by atoms with Gasteiger partial charge in [0.1, 0.15) is 11.2 Å². The summed E-state index contributed by atoms with van der Waals surface area (Å²) >= 11 is 0. The van der Waals surface area contributed by atoms with Crippen LogP contribution in [0.5, 0.6) is 0 Å². The van der Waals surface area contributed by atoms with Gasteiger partial charge >= 0.3 is 0 Å². The molecular weight excluding hydrogens is 571 g/mol. The molecule has 9 rings (SSSR count). The van der Waals surface area contributed by atoms with Gasteiger partial charge in [-0.3, -0.25) is 0 Å². The van der Waals surface area contributed by atoms with Crippen LogP contribution in [0, 0.1) is 0 Å². The first-order valence-electron chi connectivity index (χ1n) is 16.3. The van der Waals surface area contributed by atoms with Crippen molar-refractivity contribution in [1.82, 2.24) is 0 Å². The van der Waals surface area contributed by atoms with Gasteiger partial charge in [0.05, 0.1) is 0 Å². The summed E-state index contributed by atoms with van der Waals surface area (Å²) in [6.45, 7) is 4.70. The molecule has 0 spiro atoms. The molecule has 1 aliphatic rings. The maximum Gasteiger partial charge on any atom is 0.137 e. The van der Waals surface area contributed by atoms with E-state index in [9.17, 15) is 0 Å². The summed E-state index contributed by atoms with van der Waals surface area (Å²) in [7, 11) is 0. The predicted octanol–water partition coefficient (Wildman–Crippen LogP) is 12.7. The Morgan fingerprint density at radius 2 is 1.04 bits per heavy atom. The van der Waals surface area contributed by atoms with Gasteiger partial charge in [0.25, 0.3) is 0 Å². The van der Waals surface area contributed by atoms with Crippen molar-refractivity contribution >= 4 is 39.0 Å². The molecule has 47 heavy (non-hydrogen) atoms. The van der Waals surface area contributed by atoms with Crippen LogP contribution in [-0.2, 0) is 5.41 Å². The Morgan fingerprint density at radius 1 is 0.426 bits per heavy atom. The number of rotatable bonds is 5. The van der Waals surface area contributed by atoms with E-state index in [-0.39, 0.29) is 5.41 Å². The van der Waals surface area contributed by atoms with E-state index in [1.165, 1.54) is 44.5 Å². The average Bonchev–Trinajstić information content (AvgIpc) is 3.61. The lowest BCUT2D eigenvalue weighted by atomic mass is 9.82. The normalized spacial score (nSPS) is 13.1. The second-order valence-corrected chi connectivity index (χ2v) is 13.0. The van der Waals surface area contributed by atoms with Gasteiger partial charge in [-0.1, -0.05) is 129 Å². The quantitative estimate of drug-likeness (QED) is 0.195. The average molecular weight is 604 g/mol. The van der Waals surface area contributed by atoms with Crippen molar-refractivity contribution in [2.45, 2.75) is 19.3 Å². The Hall–Kier alpha value is -5.86. The Kier molecular flexibility index (Phi) is 6.20. The summed E-state index contributed by atoms with van der Waals surface area (Å²) in [5.41, 5.74) is 15.2. The van der Waals surface area contributed by atoms with E-state index in [0.717, 1.165) is 39.0 Å². The maximum atomic E-state index is 6.38. The summed E-state index contributed by atoms with van der Waals surface area (Å²) < 4.78 is 6.38. The van der Waals surface area contributed by atoms with Crippen molar-refractivity contribution in [2.75, 3.05) is 4.90 Å². The first kappa shape index (κ1) is 27.5. The molecule has 0 bridgehead atoms. The molecular formula is C45H33NO. The zero-order valence-corrected chi connectivity index (χ0v) is 26.4. The molecule has 0 aliphatic heterocycles. The van der Waals surface area contributed by atoms with Crippen molar-refractivity contribution in [3.8, 4) is 33.4 Å². The van der Waals surface area contributed by atoms with Crippen LogP contribution in [0.1, 0.15) is 25.0 Å². The number of para-hydroxylation sites is 1. The number of anilines is 3. The molecule has 7 aromatic carbocycles. The first-order valence-corrected chi connectivity index (χ1v) is 16.3. The highest BCUT2D eigenvalue weighted by Gasteiger charge is 2.37. The second kappa shape index (κ2) is 10.6. The Labute approximate surface area is 275 Å². The van der Waals surface area contributed by atoms with Gasteiger partial charge in [-0.05, 0) is 87.0 Å². The van der Waals surface area contributed by atoms with Crippen molar-refractivity contribution in [3.63, 3.8) is 0 Å². The molecule has 0 saturated carbocycles. The first-order chi connectivity index (χ1) is 23.1. The lowest BCUT2D eigenvalue weighted by Crippen LogP contribution is -2.15. The molecule has 1 aliphatic carbocycles. The van der Waals surface area contributed by atoms with Crippen molar-refractivity contribution in [2.24, 2.45) is 0 Å². The van der Waals surface area contributed by atoms with E-state index >= 15 is 0 Å². The van der Waals surface area contributed by atoms with E-state index in [0.29, 0.717) is 0 Å². The third-order valence-electron chi connectivity index (χ3n) is 9.88. The minimum absolute atomic E-state index is 0.108. The van der Waals surface area contributed by atoms with E-state index < -0.39 is 0 Å². The van der Waals surface area contributed by atoms with Crippen LogP contribution in [0.15, 0.2) is 168 Å². The highest BCUT2D eigenvalue weighted by Crippen LogP contribution is 2.53. The third kappa shape index (κ3) is 4.40. The van der Waals surface area contributed by atoms with E-state index in [1.54, 1.807) is 0 Å². The van der Waals surface area contributed by atoms with Crippen molar-refractivity contribution in [1.29, 1.82) is 0 Å². The fourth-order valence-corrected chi connectivity index (χ4v) is 7.52. The molecule has 8 aromatic rings. The van der Waals surface area contributed by atoms with Crippen LogP contribution in [0.3, 0.4) is 0 Å². The number of hydrogen-bond acceptors (Lipinski definition) is 2. The summed E-state index contributed by atoms with van der Waals surface area (Å²) in [5, 5.41) is 2.26. The molecule has 2 nitrogen and oxygen atoms in total. The minimum Gasteiger partial charge on any atom is -0.456 e. The zero-order chi connectivity index (χ0) is 31.5. The number of nitrogens with zero attached hydrogens (tertiary/aromatic N) is 1. The standard InChI is InChI=1S/C45H33NO/c1-45(2)40-27-25-34(28-39(40)44-36(17-11-18-41(44)45)32-14-7-4-8-15-32)46(33-22-20-31(21-23-33)30-12-5-3-6-13-30)35-24-26-38-37-16-9-10-19-42(37)47-43(38)29-35/h3-29H,1-2H3. The van der Waals surface area contributed by atoms with Crippen LogP contribution in [0.4, 0.5) is 17.1 Å². The number of furan rings is 1. The molecule has 1 aromatic heterocycles. The number of fused-ring (bicyclic) bond motifs is 6. The highest BCUT2D eigenvalue weighted by atomic mass is 16.3. The molecule has 0 N–H and O–H groups in total. The molecule has 2 heteroatoms. The smallest absolute Gasteiger partial charge is 0.137 e. The fraction of sp³-hybridized carbons (Fsp3) is 0.0667. The summed E-state index contributed by atoms with van der Waals surface area (Å²) in [6, 6.07) is 58.9. The fourth-order valence-electron chi connectivity index (χ4n) is 7.52.